The molecule has 2 aromatic carbocycles. The van der Waals surface area contributed by atoms with Gasteiger partial charge in [-0.25, -0.2) is 4.79 Å². The fraction of sp³-hybridized carbons (Fsp3) is 0.217. The van der Waals surface area contributed by atoms with E-state index in [2.05, 4.69) is 21.2 Å². The number of anilines is 1. The number of hydrogen-bond donors (Lipinski definition) is 1. The molecule has 8 nitrogen and oxygen atoms in total. The molecule has 0 bridgehead atoms. The molecule has 0 saturated heterocycles. The lowest BCUT2D eigenvalue weighted by Gasteiger charge is -2.13. The average molecular weight is 501 g/mol. The molecule has 0 fully saturated rings. The minimum absolute atomic E-state index is 0.158. The number of rotatable bonds is 8. The molecule has 166 valence electrons. The summed E-state index contributed by atoms with van der Waals surface area (Å²) in [5.74, 6) is -1.11. The van der Waals surface area contributed by atoms with Gasteiger partial charge in [-0.2, -0.15) is 5.26 Å². The van der Waals surface area contributed by atoms with Crippen LogP contribution < -0.4 is 14.8 Å². The van der Waals surface area contributed by atoms with Crippen LogP contribution >= 0.6 is 15.9 Å². The monoisotopic (exact) mass is 500 g/mol. The third-order valence-electron chi connectivity index (χ3n) is 3.91. The molecule has 2 rings (SSSR count). The Kier molecular flexibility index (Phi) is 8.98. The van der Waals surface area contributed by atoms with Gasteiger partial charge < -0.3 is 19.5 Å². The van der Waals surface area contributed by atoms with Crippen LogP contribution in [-0.4, -0.2) is 31.1 Å². The largest absolute Gasteiger partial charge is 0.490 e. The predicted molar refractivity (Wildman–Crippen MR) is 121 cm³/mol. The van der Waals surface area contributed by atoms with Crippen molar-refractivity contribution < 1.29 is 28.6 Å². The van der Waals surface area contributed by atoms with Crippen molar-refractivity contribution in [2.45, 2.75) is 20.8 Å². The zero-order chi connectivity index (χ0) is 23.7. The van der Waals surface area contributed by atoms with E-state index in [0.29, 0.717) is 27.9 Å². The normalized spacial score (nSPS) is 10.7. The van der Waals surface area contributed by atoms with Crippen molar-refractivity contribution in [2.24, 2.45) is 0 Å². The third-order valence-corrected chi connectivity index (χ3v) is 4.50. The smallest absolute Gasteiger partial charge is 0.338 e. The lowest BCUT2D eigenvalue weighted by molar-refractivity contribution is -0.132. The summed E-state index contributed by atoms with van der Waals surface area (Å²) in [4.78, 5) is 35.6. The van der Waals surface area contributed by atoms with Gasteiger partial charge in [0.05, 0.1) is 23.2 Å². The molecule has 0 aliphatic heterocycles. The highest BCUT2D eigenvalue weighted by Gasteiger charge is 2.16. The van der Waals surface area contributed by atoms with Crippen molar-refractivity contribution in [1.82, 2.24) is 0 Å². The summed E-state index contributed by atoms with van der Waals surface area (Å²) < 4.78 is 16.0. The molecular weight excluding hydrogens is 480 g/mol. The first-order chi connectivity index (χ1) is 15.3. The summed E-state index contributed by atoms with van der Waals surface area (Å²) in [6.45, 7) is 5.34. The van der Waals surface area contributed by atoms with Crippen LogP contribution in [0.4, 0.5) is 5.69 Å². The van der Waals surface area contributed by atoms with Crippen LogP contribution in [-0.2, 0) is 14.3 Å². The number of amides is 1. The van der Waals surface area contributed by atoms with Gasteiger partial charge in [-0.15, -0.1) is 0 Å². The highest BCUT2D eigenvalue weighted by molar-refractivity contribution is 9.10. The summed E-state index contributed by atoms with van der Waals surface area (Å²) in [6, 6.07) is 11.1. The SMILES string of the molecule is CCOC(=O)c1ccc(NC(=O)/C(C#N)=C/c2cc(Br)c(OC(C)=O)c(OCC)c2)cc1. The van der Waals surface area contributed by atoms with Gasteiger partial charge in [0.25, 0.3) is 5.91 Å². The van der Waals surface area contributed by atoms with Gasteiger partial charge in [0, 0.05) is 12.6 Å². The van der Waals surface area contributed by atoms with E-state index in [4.69, 9.17) is 14.2 Å². The Hall–Kier alpha value is -3.64. The van der Waals surface area contributed by atoms with E-state index in [1.54, 1.807) is 26.0 Å². The Morgan fingerprint density at radius 2 is 1.81 bits per heavy atom. The van der Waals surface area contributed by atoms with Gasteiger partial charge in [-0.1, -0.05) is 0 Å². The maximum absolute atomic E-state index is 12.6. The van der Waals surface area contributed by atoms with Gasteiger partial charge in [0.15, 0.2) is 11.5 Å². The number of nitrogens with zero attached hydrogens (tertiary/aromatic N) is 1. The molecule has 0 aromatic heterocycles. The minimum Gasteiger partial charge on any atom is -0.490 e. The van der Waals surface area contributed by atoms with Gasteiger partial charge >= 0.3 is 11.9 Å². The first kappa shape index (κ1) is 24.6. The number of esters is 2. The molecule has 0 spiro atoms. The molecule has 0 atom stereocenters. The average Bonchev–Trinajstić information content (AvgIpc) is 2.75. The van der Waals surface area contributed by atoms with Gasteiger partial charge in [0.1, 0.15) is 11.6 Å². The Bertz CT molecular complexity index is 1090. The molecule has 0 heterocycles. The van der Waals surface area contributed by atoms with E-state index in [1.807, 2.05) is 6.07 Å². The summed E-state index contributed by atoms with van der Waals surface area (Å²) in [7, 11) is 0. The first-order valence-electron chi connectivity index (χ1n) is 9.64. The number of nitrogens with one attached hydrogen (secondary N) is 1. The van der Waals surface area contributed by atoms with Crippen molar-refractivity contribution in [2.75, 3.05) is 18.5 Å². The van der Waals surface area contributed by atoms with E-state index in [1.165, 1.54) is 37.3 Å². The molecule has 0 aliphatic carbocycles. The Morgan fingerprint density at radius 3 is 2.38 bits per heavy atom. The summed E-state index contributed by atoms with van der Waals surface area (Å²) in [5.41, 5.74) is 1.09. The lowest BCUT2D eigenvalue weighted by Crippen LogP contribution is -2.13. The molecule has 1 amide bonds. The van der Waals surface area contributed by atoms with Crippen molar-refractivity contribution >= 4 is 45.5 Å². The molecule has 0 radical (unpaired) electrons. The maximum atomic E-state index is 12.6. The zero-order valence-corrected chi connectivity index (χ0v) is 19.3. The first-order valence-corrected chi connectivity index (χ1v) is 10.4. The third kappa shape index (κ3) is 6.68. The fourth-order valence-corrected chi connectivity index (χ4v) is 3.14. The number of hydrogen-bond acceptors (Lipinski definition) is 7. The topological polar surface area (TPSA) is 115 Å². The Labute approximate surface area is 193 Å². The van der Waals surface area contributed by atoms with Crippen LogP contribution in [0.25, 0.3) is 6.08 Å². The molecule has 0 saturated carbocycles. The minimum atomic E-state index is -0.630. The van der Waals surface area contributed by atoms with E-state index in [-0.39, 0.29) is 23.7 Å². The van der Waals surface area contributed by atoms with Crippen molar-refractivity contribution in [3.63, 3.8) is 0 Å². The summed E-state index contributed by atoms with van der Waals surface area (Å²) in [6.07, 6.45) is 1.38. The number of benzene rings is 2. The van der Waals surface area contributed by atoms with Gasteiger partial charge in [-0.3, -0.25) is 9.59 Å². The molecule has 2 aromatic rings. The Morgan fingerprint density at radius 1 is 1.12 bits per heavy atom. The molecule has 0 unspecified atom stereocenters. The lowest BCUT2D eigenvalue weighted by atomic mass is 10.1. The van der Waals surface area contributed by atoms with Gasteiger partial charge in [0.2, 0.25) is 0 Å². The highest BCUT2D eigenvalue weighted by atomic mass is 79.9. The molecule has 9 heteroatoms. The van der Waals surface area contributed by atoms with Crippen molar-refractivity contribution in [3.8, 4) is 17.6 Å². The summed E-state index contributed by atoms with van der Waals surface area (Å²) in [5, 5.41) is 12.1. The number of nitriles is 1. The number of carbonyl (C=O) groups excluding carboxylic acids is 3. The van der Waals surface area contributed by atoms with Gasteiger partial charge in [-0.05, 0) is 77.8 Å². The second-order valence-corrected chi connectivity index (χ2v) is 7.13. The number of halogens is 1. The molecular formula is C23H21BrN2O6. The molecule has 32 heavy (non-hydrogen) atoms. The van der Waals surface area contributed by atoms with Crippen molar-refractivity contribution in [3.05, 3.63) is 57.6 Å². The highest BCUT2D eigenvalue weighted by Crippen LogP contribution is 2.37. The second kappa shape index (κ2) is 11.7. The van der Waals surface area contributed by atoms with Crippen LogP contribution in [0.1, 0.15) is 36.7 Å². The maximum Gasteiger partial charge on any atom is 0.338 e. The molecule has 1 N–H and O–H groups in total. The van der Waals surface area contributed by atoms with Crippen LogP contribution in [0.15, 0.2) is 46.4 Å². The quantitative estimate of drug-likeness (QED) is 0.245. The second-order valence-electron chi connectivity index (χ2n) is 6.28. The van der Waals surface area contributed by atoms with E-state index >= 15 is 0 Å². The van der Waals surface area contributed by atoms with E-state index < -0.39 is 17.8 Å². The fourth-order valence-electron chi connectivity index (χ4n) is 2.59. The standard InChI is InChI=1S/C23H21BrN2O6/c1-4-30-20-12-15(11-19(24)21(20)32-14(3)27)10-17(13-25)22(28)26-18-8-6-16(7-9-18)23(29)31-5-2/h6-12H,4-5H2,1-3H3,(H,26,28)/b17-10+. The van der Waals surface area contributed by atoms with E-state index in [0.717, 1.165) is 0 Å². The van der Waals surface area contributed by atoms with Crippen LogP contribution in [0.5, 0.6) is 11.5 Å². The van der Waals surface area contributed by atoms with Crippen LogP contribution in [0, 0.1) is 11.3 Å². The number of ether oxygens (including phenoxy) is 3. The summed E-state index contributed by atoms with van der Waals surface area (Å²) >= 11 is 3.32. The zero-order valence-electron chi connectivity index (χ0n) is 17.7. The van der Waals surface area contributed by atoms with Crippen LogP contribution in [0.2, 0.25) is 0 Å². The number of carbonyl (C=O) groups is 3. The Balaban J connectivity index is 2.26. The predicted octanol–water partition coefficient (Wildman–Crippen LogP) is 4.50. The van der Waals surface area contributed by atoms with Crippen molar-refractivity contribution in [1.29, 1.82) is 5.26 Å². The van der Waals surface area contributed by atoms with E-state index in [9.17, 15) is 19.6 Å². The molecule has 0 aliphatic rings. The van der Waals surface area contributed by atoms with Crippen LogP contribution in [0.3, 0.4) is 0 Å².